The van der Waals surface area contributed by atoms with E-state index >= 15 is 0 Å². The van der Waals surface area contributed by atoms with Crippen LogP contribution in [0.3, 0.4) is 0 Å². The lowest BCUT2D eigenvalue weighted by Crippen LogP contribution is -2.10. The molecular weight excluding hydrogens is 336 g/mol. The second-order valence-electron chi connectivity index (χ2n) is 5.96. The Bertz CT molecular complexity index is 916. The summed E-state index contributed by atoms with van der Waals surface area (Å²) in [4.78, 5) is 27.1. The van der Waals surface area contributed by atoms with Gasteiger partial charge in [0.1, 0.15) is 5.69 Å². The first-order valence-corrected chi connectivity index (χ1v) is 8.04. The first-order chi connectivity index (χ1) is 12.5. The van der Waals surface area contributed by atoms with Crippen molar-refractivity contribution in [3.8, 4) is 6.07 Å². The van der Waals surface area contributed by atoms with Gasteiger partial charge in [-0.15, -0.1) is 0 Å². The van der Waals surface area contributed by atoms with Crippen LogP contribution in [-0.2, 0) is 11.3 Å². The molecule has 0 radical (unpaired) electrons. The van der Waals surface area contributed by atoms with Gasteiger partial charge in [-0.25, -0.2) is 4.79 Å². The van der Waals surface area contributed by atoms with Gasteiger partial charge in [0.15, 0.2) is 0 Å². The molecular formula is C18H16N4O4. The van der Waals surface area contributed by atoms with Crippen molar-refractivity contribution < 1.29 is 14.5 Å². The summed E-state index contributed by atoms with van der Waals surface area (Å²) in [6, 6.07) is 9.50. The maximum atomic E-state index is 11.9. The third-order valence-electron chi connectivity index (χ3n) is 4.14. The Morgan fingerprint density at radius 1 is 1.42 bits per heavy atom. The zero-order chi connectivity index (χ0) is 18.7. The predicted molar refractivity (Wildman–Crippen MR) is 92.7 cm³/mol. The van der Waals surface area contributed by atoms with Crippen molar-refractivity contribution in [2.45, 2.75) is 25.3 Å². The fourth-order valence-corrected chi connectivity index (χ4v) is 2.65. The van der Waals surface area contributed by atoms with Gasteiger partial charge in [-0.05, 0) is 37.1 Å². The molecule has 1 aliphatic carbocycles. The molecule has 8 heteroatoms. The molecule has 0 saturated heterocycles. The van der Waals surface area contributed by atoms with Crippen LogP contribution < -0.4 is 5.32 Å². The summed E-state index contributed by atoms with van der Waals surface area (Å²) >= 11 is 0. The molecule has 0 amide bonds. The second-order valence-corrected chi connectivity index (χ2v) is 5.96. The topological polar surface area (TPSA) is 118 Å². The number of esters is 1. The fourth-order valence-electron chi connectivity index (χ4n) is 2.65. The maximum Gasteiger partial charge on any atom is 0.339 e. The van der Waals surface area contributed by atoms with Crippen molar-refractivity contribution in [1.82, 2.24) is 4.98 Å². The number of rotatable bonds is 6. The number of nitro benzene ring substituents is 1. The highest BCUT2D eigenvalue weighted by atomic mass is 16.6. The van der Waals surface area contributed by atoms with Gasteiger partial charge in [0.25, 0.3) is 5.69 Å². The predicted octanol–water partition coefficient (Wildman–Crippen LogP) is 3.14. The van der Waals surface area contributed by atoms with Gasteiger partial charge in [0, 0.05) is 12.0 Å². The van der Waals surface area contributed by atoms with E-state index in [0.717, 1.165) is 12.8 Å². The van der Waals surface area contributed by atoms with Crippen LogP contribution in [0.4, 0.5) is 11.4 Å². The van der Waals surface area contributed by atoms with E-state index in [-0.39, 0.29) is 23.7 Å². The van der Waals surface area contributed by atoms with E-state index in [0.29, 0.717) is 22.6 Å². The van der Waals surface area contributed by atoms with Crippen LogP contribution in [0.2, 0.25) is 0 Å². The summed E-state index contributed by atoms with van der Waals surface area (Å²) < 4.78 is 4.79. The van der Waals surface area contributed by atoms with Crippen molar-refractivity contribution in [2.24, 2.45) is 0 Å². The van der Waals surface area contributed by atoms with Crippen LogP contribution in [0.25, 0.3) is 0 Å². The number of pyridine rings is 1. The van der Waals surface area contributed by atoms with Crippen molar-refractivity contribution in [2.75, 3.05) is 12.4 Å². The van der Waals surface area contributed by atoms with Gasteiger partial charge in [-0.3, -0.25) is 15.1 Å². The largest absolute Gasteiger partial charge is 0.465 e. The van der Waals surface area contributed by atoms with E-state index in [1.165, 1.54) is 25.3 Å². The van der Waals surface area contributed by atoms with E-state index < -0.39 is 10.9 Å². The van der Waals surface area contributed by atoms with Crippen LogP contribution in [0.1, 0.15) is 46.1 Å². The van der Waals surface area contributed by atoms with Gasteiger partial charge in [-0.2, -0.15) is 5.26 Å². The Balaban J connectivity index is 1.82. The number of aromatic nitrogens is 1. The molecule has 1 aromatic carbocycles. The maximum absolute atomic E-state index is 11.9. The number of carbonyl (C=O) groups excluding carboxylic acids is 1. The molecule has 0 spiro atoms. The fraction of sp³-hybridized carbons (Fsp3) is 0.278. The van der Waals surface area contributed by atoms with Gasteiger partial charge in [-0.1, -0.05) is 0 Å². The van der Waals surface area contributed by atoms with E-state index in [1.807, 2.05) is 6.07 Å². The van der Waals surface area contributed by atoms with E-state index in [1.54, 1.807) is 12.1 Å². The first-order valence-electron chi connectivity index (χ1n) is 8.04. The molecule has 132 valence electrons. The Hall–Kier alpha value is -3.47. The Kier molecular flexibility index (Phi) is 4.80. The molecule has 0 bridgehead atoms. The monoisotopic (exact) mass is 352 g/mol. The summed E-state index contributed by atoms with van der Waals surface area (Å²) in [5.41, 5.74) is 2.20. The molecule has 0 unspecified atom stereocenters. The quantitative estimate of drug-likeness (QED) is 0.482. The number of nitrogens with zero attached hydrogens (tertiary/aromatic N) is 3. The van der Waals surface area contributed by atoms with Gasteiger partial charge < -0.3 is 10.1 Å². The van der Waals surface area contributed by atoms with Gasteiger partial charge in [0.2, 0.25) is 0 Å². The minimum Gasteiger partial charge on any atom is -0.465 e. The van der Waals surface area contributed by atoms with E-state index in [9.17, 15) is 14.9 Å². The van der Waals surface area contributed by atoms with Gasteiger partial charge in [0.05, 0.1) is 47.2 Å². The number of nitriles is 1. The Morgan fingerprint density at radius 2 is 2.19 bits per heavy atom. The normalized spacial score (nSPS) is 12.9. The Morgan fingerprint density at radius 3 is 2.81 bits per heavy atom. The molecule has 1 fully saturated rings. The van der Waals surface area contributed by atoms with Gasteiger partial charge >= 0.3 is 5.97 Å². The standard InChI is InChI=1S/C18H16N4O4/c1-26-18(23)14-6-5-13(21-17(14)12-3-4-12)10-20-15-7-2-11(9-19)8-16(15)22(24)25/h2,5-8,12,20H,3-4,10H2,1H3. The van der Waals surface area contributed by atoms with Crippen molar-refractivity contribution in [3.05, 3.63) is 63.0 Å². The molecule has 1 N–H and O–H groups in total. The van der Waals surface area contributed by atoms with E-state index in [4.69, 9.17) is 10.00 Å². The molecule has 3 rings (SSSR count). The zero-order valence-corrected chi connectivity index (χ0v) is 14.1. The minimum absolute atomic E-state index is 0.169. The summed E-state index contributed by atoms with van der Waals surface area (Å²) in [5.74, 6) is -0.157. The third kappa shape index (κ3) is 3.62. The smallest absolute Gasteiger partial charge is 0.339 e. The van der Waals surface area contributed by atoms with Crippen LogP contribution >= 0.6 is 0 Å². The van der Waals surface area contributed by atoms with Crippen LogP contribution in [0.15, 0.2) is 30.3 Å². The molecule has 1 aliphatic rings. The summed E-state index contributed by atoms with van der Waals surface area (Å²) in [5, 5.41) is 23.1. The van der Waals surface area contributed by atoms with Crippen LogP contribution in [0, 0.1) is 21.4 Å². The highest BCUT2D eigenvalue weighted by Crippen LogP contribution is 2.41. The Labute approximate surface area is 149 Å². The first kappa shape index (κ1) is 17.4. The number of hydrogen-bond donors (Lipinski definition) is 1. The molecule has 0 atom stereocenters. The summed E-state index contributed by atoms with van der Waals surface area (Å²) in [6.07, 6.45) is 1.96. The van der Waals surface area contributed by atoms with Crippen molar-refractivity contribution in [3.63, 3.8) is 0 Å². The van der Waals surface area contributed by atoms with Crippen molar-refractivity contribution in [1.29, 1.82) is 5.26 Å². The molecule has 26 heavy (non-hydrogen) atoms. The number of benzene rings is 1. The molecule has 0 aliphatic heterocycles. The number of hydrogen-bond acceptors (Lipinski definition) is 7. The number of ether oxygens (including phenoxy) is 1. The highest BCUT2D eigenvalue weighted by molar-refractivity contribution is 5.90. The molecule has 8 nitrogen and oxygen atoms in total. The lowest BCUT2D eigenvalue weighted by atomic mass is 10.1. The zero-order valence-electron chi connectivity index (χ0n) is 14.1. The number of nitro groups is 1. The third-order valence-corrected chi connectivity index (χ3v) is 4.14. The molecule has 2 aromatic rings. The second kappa shape index (κ2) is 7.19. The van der Waals surface area contributed by atoms with Crippen LogP contribution in [0.5, 0.6) is 0 Å². The summed E-state index contributed by atoms with van der Waals surface area (Å²) in [6.45, 7) is 0.258. The molecule has 1 aromatic heterocycles. The highest BCUT2D eigenvalue weighted by Gasteiger charge is 2.30. The lowest BCUT2D eigenvalue weighted by Gasteiger charge is -2.11. The average Bonchev–Trinajstić information content (AvgIpc) is 3.50. The molecule has 1 heterocycles. The number of anilines is 1. The van der Waals surface area contributed by atoms with E-state index in [2.05, 4.69) is 10.3 Å². The number of nitrogens with one attached hydrogen (secondary N) is 1. The summed E-state index contributed by atoms with van der Waals surface area (Å²) in [7, 11) is 1.33. The number of carbonyl (C=O) groups is 1. The minimum atomic E-state index is -0.535. The molecule has 1 saturated carbocycles. The number of methoxy groups -OCH3 is 1. The van der Waals surface area contributed by atoms with Crippen LogP contribution in [-0.4, -0.2) is 23.0 Å². The average molecular weight is 352 g/mol. The SMILES string of the molecule is COC(=O)c1ccc(CNc2ccc(C#N)cc2[N+](=O)[O-])nc1C1CC1. The lowest BCUT2D eigenvalue weighted by molar-refractivity contribution is -0.384. The van der Waals surface area contributed by atoms with Crippen molar-refractivity contribution >= 4 is 17.3 Å².